The molecule has 0 spiro atoms. The topological polar surface area (TPSA) is 58.0 Å². The molecule has 106 valence electrons. The van der Waals surface area contributed by atoms with Gasteiger partial charge in [-0.1, -0.05) is 6.07 Å². The Kier molecular flexibility index (Phi) is 4.47. The molecule has 0 radical (unpaired) electrons. The summed E-state index contributed by atoms with van der Waals surface area (Å²) in [7, 11) is 0. The second-order valence-electron chi connectivity index (χ2n) is 5.83. The third-order valence-corrected chi connectivity index (χ3v) is 2.91. The molecule has 0 aliphatic carbocycles. The van der Waals surface area contributed by atoms with Gasteiger partial charge in [0.15, 0.2) is 0 Å². The third kappa shape index (κ3) is 4.11. The number of β-amino-alcohol motifs (C(OH)–C–C–N with tert-alkyl or cyclic N) is 1. The molecule has 2 heterocycles. The van der Waals surface area contributed by atoms with Crippen LogP contribution in [0.25, 0.3) is 11.3 Å². The average molecular weight is 271 g/mol. The highest BCUT2D eigenvalue weighted by molar-refractivity contribution is 5.58. The standard InChI is InChI=1S/C16H21N3O/c1-16(2,3)18-11-15(20)14-6-4-5-13(19-14)12-7-9-17-10-8-12/h4-10,15,18,20H,11H2,1-3H3. The van der Waals surface area contributed by atoms with Crippen LogP contribution >= 0.6 is 0 Å². The molecule has 1 atom stereocenters. The quantitative estimate of drug-likeness (QED) is 0.897. The Labute approximate surface area is 119 Å². The lowest BCUT2D eigenvalue weighted by atomic mass is 10.1. The van der Waals surface area contributed by atoms with E-state index in [0.29, 0.717) is 12.2 Å². The number of aromatic nitrogens is 2. The molecule has 0 amide bonds. The number of aliphatic hydroxyl groups is 1. The summed E-state index contributed by atoms with van der Waals surface area (Å²) in [6, 6.07) is 9.51. The van der Waals surface area contributed by atoms with Gasteiger partial charge in [-0.2, -0.15) is 0 Å². The maximum absolute atomic E-state index is 10.2. The van der Waals surface area contributed by atoms with Crippen LogP contribution in [0.5, 0.6) is 0 Å². The maximum atomic E-state index is 10.2. The van der Waals surface area contributed by atoms with Crippen LogP contribution in [0.15, 0.2) is 42.7 Å². The first-order valence-electron chi connectivity index (χ1n) is 6.76. The van der Waals surface area contributed by atoms with Gasteiger partial charge in [-0.05, 0) is 45.0 Å². The number of hydrogen-bond donors (Lipinski definition) is 2. The lowest BCUT2D eigenvalue weighted by Crippen LogP contribution is -2.38. The van der Waals surface area contributed by atoms with Gasteiger partial charge in [0.2, 0.25) is 0 Å². The van der Waals surface area contributed by atoms with Gasteiger partial charge in [-0.25, -0.2) is 0 Å². The van der Waals surface area contributed by atoms with E-state index in [1.54, 1.807) is 12.4 Å². The van der Waals surface area contributed by atoms with Crippen LogP contribution in [0.2, 0.25) is 0 Å². The molecule has 0 bridgehead atoms. The second kappa shape index (κ2) is 6.11. The van der Waals surface area contributed by atoms with Crippen molar-refractivity contribution < 1.29 is 5.11 Å². The molecule has 0 fully saturated rings. The molecule has 0 saturated heterocycles. The van der Waals surface area contributed by atoms with Crippen molar-refractivity contribution >= 4 is 0 Å². The average Bonchev–Trinajstić information content (AvgIpc) is 2.45. The van der Waals surface area contributed by atoms with Gasteiger partial charge >= 0.3 is 0 Å². The van der Waals surface area contributed by atoms with Crippen molar-refractivity contribution in [3.05, 3.63) is 48.4 Å². The monoisotopic (exact) mass is 271 g/mol. The summed E-state index contributed by atoms with van der Waals surface area (Å²) in [5, 5.41) is 13.5. The molecule has 0 aliphatic heterocycles. The lowest BCUT2D eigenvalue weighted by Gasteiger charge is -2.22. The zero-order chi connectivity index (χ0) is 14.6. The highest BCUT2D eigenvalue weighted by Crippen LogP contribution is 2.18. The van der Waals surface area contributed by atoms with Crippen molar-refractivity contribution in [3.8, 4) is 11.3 Å². The van der Waals surface area contributed by atoms with Gasteiger partial charge in [-0.3, -0.25) is 9.97 Å². The minimum absolute atomic E-state index is 0.0241. The molecule has 1 unspecified atom stereocenters. The molecular weight excluding hydrogens is 250 g/mol. The first-order chi connectivity index (χ1) is 9.46. The van der Waals surface area contributed by atoms with Gasteiger partial charge in [0, 0.05) is 30.0 Å². The molecule has 0 saturated carbocycles. The molecular formula is C16H21N3O. The summed E-state index contributed by atoms with van der Waals surface area (Å²) in [4.78, 5) is 8.52. The fourth-order valence-electron chi connectivity index (χ4n) is 1.83. The Bertz CT molecular complexity index is 549. The van der Waals surface area contributed by atoms with Crippen molar-refractivity contribution in [2.75, 3.05) is 6.54 Å². The minimum Gasteiger partial charge on any atom is -0.385 e. The lowest BCUT2D eigenvalue weighted by molar-refractivity contribution is 0.159. The summed E-state index contributed by atoms with van der Waals surface area (Å²) in [5.41, 5.74) is 2.50. The number of hydrogen-bond acceptors (Lipinski definition) is 4. The Morgan fingerprint density at radius 1 is 1.15 bits per heavy atom. The van der Waals surface area contributed by atoms with E-state index in [9.17, 15) is 5.11 Å². The van der Waals surface area contributed by atoms with Crippen LogP contribution in [-0.4, -0.2) is 27.2 Å². The predicted molar refractivity (Wildman–Crippen MR) is 80.2 cm³/mol. The Morgan fingerprint density at radius 2 is 1.85 bits per heavy atom. The van der Waals surface area contributed by atoms with Gasteiger partial charge in [0.25, 0.3) is 0 Å². The fourth-order valence-corrected chi connectivity index (χ4v) is 1.83. The van der Waals surface area contributed by atoms with E-state index in [-0.39, 0.29) is 5.54 Å². The molecule has 0 aromatic carbocycles. The fraction of sp³-hybridized carbons (Fsp3) is 0.375. The zero-order valence-electron chi connectivity index (χ0n) is 12.2. The summed E-state index contributed by atoms with van der Waals surface area (Å²) in [6.45, 7) is 6.69. The summed E-state index contributed by atoms with van der Waals surface area (Å²) in [6.07, 6.45) is 2.86. The van der Waals surface area contributed by atoms with E-state index < -0.39 is 6.10 Å². The van der Waals surface area contributed by atoms with Crippen molar-refractivity contribution in [1.29, 1.82) is 0 Å². The molecule has 0 aliphatic rings. The molecule has 2 N–H and O–H groups in total. The summed E-state index contributed by atoms with van der Waals surface area (Å²) in [5.74, 6) is 0. The number of nitrogens with zero attached hydrogens (tertiary/aromatic N) is 2. The van der Waals surface area contributed by atoms with E-state index >= 15 is 0 Å². The van der Waals surface area contributed by atoms with E-state index in [0.717, 1.165) is 11.3 Å². The van der Waals surface area contributed by atoms with Gasteiger partial charge in [-0.15, -0.1) is 0 Å². The Hall–Kier alpha value is -1.78. The van der Waals surface area contributed by atoms with Crippen molar-refractivity contribution in [1.82, 2.24) is 15.3 Å². The van der Waals surface area contributed by atoms with Crippen molar-refractivity contribution in [2.24, 2.45) is 0 Å². The number of aliphatic hydroxyl groups excluding tert-OH is 1. The van der Waals surface area contributed by atoms with E-state index in [2.05, 4.69) is 36.1 Å². The van der Waals surface area contributed by atoms with Gasteiger partial charge in [0.1, 0.15) is 6.10 Å². The van der Waals surface area contributed by atoms with Gasteiger partial charge in [0.05, 0.1) is 11.4 Å². The summed E-state index contributed by atoms with van der Waals surface area (Å²) < 4.78 is 0. The van der Waals surface area contributed by atoms with Crippen molar-refractivity contribution in [3.63, 3.8) is 0 Å². The van der Waals surface area contributed by atoms with Crippen LogP contribution < -0.4 is 5.32 Å². The first-order valence-corrected chi connectivity index (χ1v) is 6.76. The third-order valence-electron chi connectivity index (χ3n) is 2.91. The first kappa shape index (κ1) is 14.6. The largest absolute Gasteiger partial charge is 0.385 e. The molecule has 2 rings (SSSR count). The molecule has 2 aromatic heterocycles. The van der Waals surface area contributed by atoms with Crippen LogP contribution in [0.4, 0.5) is 0 Å². The van der Waals surface area contributed by atoms with Crippen LogP contribution in [-0.2, 0) is 0 Å². The maximum Gasteiger partial charge on any atom is 0.108 e. The smallest absolute Gasteiger partial charge is 0.108 e. The second-order valence-corrected chi connectivity index (χ2v) is 5.83. The van der Waals surface area contributed by atoms with Crippen LogP contribution in [0.1, 0.15) is 32.6 Å². The summed E-state index contributed by atoms with van der Waals surface area (Å²) >= 11 is 0. The highest BCUT2D eigenvalue weighted by atomic mass is 16.3. The van der Waals surface area contributed by atoms with E-state index in [4.69, 9.17) is 0 Å². The molecule has 2 aromatic rings. The van der Waals surface area contributed by atoms with E-state index in [1.807, 2.05) is 30.3 Å². The zero-order valence-corrected chi connectivity index (χ0v) is 12.2. The van der Waals surface area contributed by atoms with Crippen molar-refractivity contribution in [2.45, 2.75) is 32.4 Å². The van der Waals surface area contributed by atoms with Crippen LogP contribution in [0, 0.1) is 0 Å². The van der Waals surface area contributed by atoms with Crippen LogP contribution in [0.3, 0.4) is 0 Å². The molecule has 4 heteroatoms. The SMILES string of the molecule is CC(C)(C)NCC(O)c1cccc(-c2ccncc2)n1. The number of pyridine rings is 2. The molecule has 20 heavy (non-hydrogen) atoms. The predicted octanol–water partition coefficient (Wildman–Crippen LogP) is 2.57. The Morgan fingerprint density at radius 3 is 2.50 bits per heavy atom. The minimum atomic E-state index is -0.615. The van der Waals surface area contributed by atoms with E-state index in [1.165, 1.54) is 0 Å². The number of rotatable bonds is 4. The Balaban J connectivity index is 2.14. The molecule has 4 nitrogen and oxygen atoms in total. The normalized spacial score (nSPS) is 13.2. The van der Waals surface area contributed by atoms with Gasteiger partial charge < -0.3 is 10.4 Å². The number of nitrogens with one attached hydrogen (secondary N) is 1. The highest BCUT2D eigenvalue weighted by Gasteiger charge is 2.15.